The van der Waals surface area contributed by atoms with E-state index in [1.165, 1.54) is 24.3 Å². The molecule has 7 heteroatoms. The zero-order valence-electron chi connectivity index (χ0n) is 13.2. The number of nitrogens with one attached hydrogen (secondary N) is 2. The fourth-order valence-corrected chi connectivity index (χ4v) is 3.18. The van der Waals surface area contributed by atoms with Gasteiger partial charge in [-0.3, -0.25) is 4.79 Å². The van der Waals surface area contributed by atoms with Crippen molar-refractivity contribution in [2.45, 2.75) is 25.8 Å². The maximum Gasteiger partial charge on any atom is 0.319 e. The quantitative estimate of drug-likeness (QED) is 0.784. The second kappa shape index (κ2) is 8.76. The lowest BCUT2D eigenvalue weighted by Crippen LogP contribution is -2.41. The Labute approximate surface area is 140 Å². The van der Waals surface area contributed by atoms with Crippen LogP contribution < -0.4 is 10.6 Å². The van der Waals surface area contributed by atoms with Crippen LogP contribution in [0.1, 0.15) is 19.8 Å². The van der Waals surface area contributed by atoms with Gasteiger partial charge in [-0.2, -0.15) is 11.8 Å². The third kappa shape index (κ3) is 5.74. The van der Waals surface area contributed by atoms with Crippen molar-refractivity contribution < 1.29 is 14.0 Å². The van der Waals surface area contributed by atoms with Crippen molar-refractivity contribution in [3.63, 3.8) is 0 Å². The fourth-order valence-electron chi connectivity index (χ4n) is 2.39. The van der Waals surface area contributed by atoms with Gasteiger partial charge in [-0.1, -0.05) is 6.92 Å². The molecule has 1 aromatic rings. The first-order valence-corrected chi connectivity index (χ1v) is 8.92. The Morgan fingerprint density at radius 2 is 2.09 bits per heavy atom. The molecule has 0 saturated carbocycles. The Hall–Kier alpha value is -1.76. The van der Waals surface area contributed by atoms with E-state index in [4.69, 9.17) is 0 Å². The molecule has 23 heavy (non-hydrogen) atoms. The summed E-state index contributed by atoms with van der Waals surface area (Å²) in [5.41, 5.74) is 0.533. The van der Waals surface area contributed by atoms with Crippen molar-refractivity contribution in [2.75, 3.05) is 29.9 Å². The molecule has 1 saturated heterocycles. The number of nitrogens with zero attached hydrogens (tertiary/aromatic N) is 1. The lowest BCUT2D eigenvalue weighted by Gasteiger charge is -2.17. The minimum absolute atomic E-state index is 0.0458. The number of likely N-dealkylation sites (tertiary alicyclic amines) is 1. The molecule has 126 valence electrons. The SMILES string of the molecule is CCCSCC(=O)N1CCC(NC(=O)Nc2ccc(F)cc2)C1. The Morgan fingerprint density at radius 1 is 1.35 bits per heavy atom. The molecule has 0 aliphatic carbocycles. The number of thioether (sulfide) groups is 1. The van der Waals surface area contributed by atoms with Gasteiger partial charge in [0.1, 0.15) is 5.82 Å². The second-order valence-electron chi connectivity index (χ2n) is 5.48. The first kappa shape index (κ1) is 17.6. The molecule has 1 aliphatic heterocycles. The lowest BCUT2D eigenvalue weighted by molar-refractivity contribution is -0.127. The number of carbonyl (C=O) groups is 2. The molecule has 1 heterocycles. The molecule has 5 nitrogen and oxygen atoms in total. The van der Waals surface area contributed by atoms with Crippen LogP contribution in [0.3, 0.4) is 0 Å². The molecule has 0 aromatic heterocycles. The molecule has 2 rings (SSSR count). The Bertz CT molecular complexity index is 539. The largest absolute Gasteiger partial charge is 0.340 e. The summed E-state index contributed by atoms with van der Waals surface area (Å²) in [5, 5.41) is 5.51. The number of carbonyl (C=O) groups excluding carboxylic acids is 2. The average molecular weight is 339 g/mol. The maximum atomic E-state index is 12.8. The average Bonchev–Trinajstić information content (AvgIpc) is 2.98. The van der Waals surface area contributed by atoms with Gasteiger partial charge in [-0.15, -0.1) is 0 Å². The zero-order valence-corrected chi connectivity index (χ0v) is 14.0. The summed E-state index contributed by atoms with van der Waals surface area (Å²) in [4.78, 5) is 25.7. The highest BCUT2D eigenvalue weighted by molar-refractivity contribution is 7.99. The number of halogens is 1. The normalized spacial score (nSPS) is 17.1. The minimum atomic E-state index is -0.346. The van der Waals surface area contributed by atoms with Gasteiger partial charge in [0.25, 0.3) is 0 Å². The summed E-state index contributed by atoms with van der Waals surface area (Å²) in [7, 11) is 0. The molecule has 1 atom stereocenters. The summed E-state index contributed by atoms with van der Waals surface area (Å²) >= 11 is 1.64. The highest BCUT2D eigenvalue weighted by atomic mass is 32.2. The predicted octanol–water partition coefficient (Wildman–Crippen LogP) is 2.69. The van der Waals surface area contributed by atoms with E-state index in [0.717, 1.165) is 18.6 Å². The van der Waals surface area contributed by atoms with E-state index in [9.17, 15) is 14.0 Å². The van der Waals surface area contributed by atoms with Crippen LogP contribution in [0.25, 0.3) is 0 Å². The topological polar surface area (TPSA) is 61.4 Å². The second-order valence-corrected chi connectivity index (χ2v) is 6.59. The van der Waals surface area contributed by atoms with Gasteiger partial charge in [0.05, 0.1) is 5.75 Å². The van der Waals surface area contributed by atoms with Crippen LogP contribution >= 0.6 is 11.8 Å². The highest BCUT2D eigenvalue weighted by Gasteiger charge is 2.26. The summed E-state index contributed by atoms with van der Waals surface area (Å²) in [6.45, 7) is 3.31. The first-order chi connectivity index (χ1) is 11.1. The number of amides is 3. The Kier molecular flexibility index (Phi) is 6.70. The van der Waals surface area contributed by atoms with E-state index < -0.39 is 0 Å². The third-order valence-electron chi connectivity index (χ3n) is 3.55. The fraction of sp³-hybridized carbons (Fsp3) is 0.500. The van der Waals surface area contributed by atoms with Crippen LogP contribution in [-0.2, 0) is 4.79 Å². The van der Waals surface area contributed by atoms with Gasteiger partial charge in [-0.05, 0) is 42.9 Å². The lowest BCUT2D eigenvalue weighted by atomic mass is 10.3. The van der Waals surface area contributed by atoms with Gasteiger partial charge in [-0.25, -0.2) is 9.18 Å². The highest BCUT2D eigenvalue weighted by Crippen LogP contribution is 2.13. The molecular formula is C16H22FN3O2S. The molecule has 2 N–H and O–H groups in total. The smallest absolute Gasteiger partial charge is 0.319 e. The molecule has 0 bridgehead atoms. The van der Waals surface area contributed by atoms with E-state index in [2.05, 4.69) is 17.6 Å². The van der Waals surface area contributed by atoms with Crippen LogP contribution in [0, 0.1) is 5.82 Å². The van der Waals surface area contributed by atoms with Crippen molar-refractivity contribution in [3.8, 4) is 0 Å². The van der Waals surface area contributed by atoms with E-state index in [1.54, 1.807) is 16.7 Å². The van der Waals surface area contributed by atoms with E-state index in [1.807, 2.05) is 0 Å². The summed E-state index contributed by atoms with van der Waals surface area (Å²) in [6, 6.07) is 5.21. The van der Waals surface area contributed by atoms with Crippen molar-refractivity contribution in [2.24, 2.45) is 0 Å². The molecule has 3 amide bonds. The van der Waals surface area contributed by atoms with Gasteiger partial charge >= 0.3 is 6.03 Å². The third-order valence-corrected chi connectivity index (χ3v) is 4.70. The number of rotatable bonds is 6. The number of benzene rings is 1. The molecule has 1 aromatic carbocycles. The number of hydrogen-bond acceptors (Lipinski definition) is 3. The first-order valence-electron chi connectivity index (χ1n) is 7.77. The maximum absolute atomic E-state index is 12.8. The molecule has 1 fully saturated rings. The number of urea groups is 1. The molecule has 1 unspecified atom stereocenters. The zero-order chi connectivity index (χ0) is 16.7. The Morgan fingerprint density at radius 3 is 2.78 bits per heavy atom. The van der Waals surface area contributed by atoms with Crippen LogP contribution in [0.2, 0.25) is 0 Å². The molecule has 0 radical (unpaired) electrons. The van der Waals surface area contributed by atoms with Gasteiger partial charge in [0.15, 0.2) is 0 Å². The van der Waals surface area contributed by atoms with Crippen molar-refractivity contribution >= 4 is 29.4 Å². The van der Waals surface area contributed by atoms with Crippen LogP contribution in [0.15, 0.2) is 24.3 Å². The summed E-state index contributed by atoms with van der Waals surface area (Å²) < 4.78 is 12.8. The monoisotopic (exact) mass is 339 g/mol. The minimum Gasteiger partial charge on any atom is -0.340 e. The summed E-state index contributed by atoms with van der Waals surface area (Å²) in [6.07, 6.45) is 1.81. The van der Waals surface area contributed by atoms with Crippen LogP contribution in [0.5, 0.6) is 0 Å². The standard InChI is InChI=1S/C16H22FN3O2S/c1-2-9-23-11-15(21)20-8-7-14(10-20)19-16(22)18-13-5-3-12(17)4-6-13/h3-6,14H,2,7-11H2,1H3,(H2,18,19,22). The van der Waals surface area contributed by atoms with Gasteiger partial charge in [0, 0.05) is 24.8 Å². The number of anilines is 1. The van der Waals surface area contributed by atoms with Crippen molar-refractivity contribution in [1.29, 1.82) is 0 Å². The van der Waals surface area contributed by atoms with E-state index in [-0.39, 0.29) is 23.8 Å². The Balaban J connectivity index is 1.73. The summed E-state index contributed by atoms with van der Waals surface area (Å²) in [5.74, 6) is 1.28. The van der Waals surface area contributed by atoms with Crippen LogP contribution in [-0.4, -0.2) is 47.5 Å². The molecular weight excluding hydrogens is 317 g/mol. The van der Waals surface area contributed by atoms with Crippen molar-refractivity contribution in [1.82, 2.24) is 10.2 Å². The van der Waals surface area contributed by atoms with Gasteiger partial charge in [0.2, 0.25) is 5.91 Å². The molecule has 1 aliphatic rings. The molecule has 0 spiro atoms. The van der Waals surface area contributed by atoms with E-state index in [0.29, 0.717) is 24.5 Å². The number of hydrogen-bond donors (Lipinski definition) is 2. The van der Waals surface area contributed by atoms with E-state index >= 15 is 0 Å². The van der Waals surface area contributed by atoms with Gasteiger partial charge < -0.3 is 15.5 Å². The van der Waals surface area contributed by atoms with Crippen molar-refractivity contribution in [3.05, 3.63) is 30.1 Å². The predicted molar refractivity (Wildman–Crippen MR) is 91.2 cm³/mol. The van der Waals surface area contributed by atoms with Crippen LogP contribution in [0.4, 0.5) is 14.9 Å².